The Hall–Kier alpha value is -3.13. The predicted octanol–water partition coefficient (Wildman–Crippen LogP) is 7.79. The van der Waals surface area contributed by atoms with Crippen molar-refractivity contribution in [3.05, 3.63) is 60.7 Å². The molecule has 2 amide bonds. The van der Waals surface area contributed by atoms with Gasteiger partial charge < -0.3 is 9.80 Å². The number of thioether (sulfide) groups is 1. The quantitative estimate of drug-likeness (QED) is 0.116. The molecule has 0 bridgehead atoms. The number of rotatable bonds is 17. The van der Waals surface area contributed by atoms with Crippen molar-refractivity contribution in [2.75, 3.05) is 25.4 Å². The van der Waals surface area contributed by atoms with Gasteiger partial charge in [-0.1, -0.05) is 119 Å². The topological polar surface area (TPSA) is 71.3 Å². The van der Waals surface area contributed by atoms with Gasteiger partial charge in [0, 0.05) is 55.5 Å². The summed E-state index contributed by atoms with van der Waals surface area (Å²) in [5, 5.41) is 9.84. The lowest BCUT2D eigenvalue weighted by atomic mass is 10.1. The molecule has 0 saturated carbocycles. The van der Waals surface area contributed by atoms with Gasteiger partial charge in [-0.2, -0.15) is 0 Å². The van der Waals surface area contributed by atoms with E-state index in [9.17, 15) is 9.59 Å². The molecular formula is C35H49N5O2S. The molecule has 1 aliphatic rings. The van der Waals surface area contributed by atoms with Gasteiger partial charge in [0.25, 0.3) is 0 Å². The molecular weight excluding hydrogens is 554 g/mol. The van der Waals surface area contributed by atoms with Crippen LogP contribution in [0.25, 0.3) is 17.1 Å². The van der Waals surface area contributed by atoms with Crippen molar-refractivity contribution in [3.63, 3.8) is 0 Å². The largest absolute Gasteiger partial charge is 0.339 e. The van der Waals surface area contributed by atoms with Gasteiger partial charge in [-0.15, -0.1) is 10.2 Å². The summed E-state index contributed by atoms with van der Waals surface area (Å²) in [6.45, 7) is 6.21. The van der Waals surface area contributed by atoms with Crippen molar-refractivity contribution in [2.45, 2.75) is 102 Å². The van der Waals surface area contributed by atoms with Crippen molar-refractivity contribution in [1.29, 1.82) is 0 Å². The smallest absolute Gasteiger partial charge is 0.222 e. The van der Waals surface area contributed by atoms with Crippen LogP contribution < -0.4 is 0 Å². The molecule has 2 aromatic carbocycles. The second-order valence-corrected chi connectivity index (χ2v) is 12.7. The minimum atomic E-state index is 0.0685. The standard InChI is InChI=1S/C35H49N5O2S/c1-3-4-5-6-7-8-9-10-17-23-33(42)39-26-25-38(28-29(39)2)32(41)24-18-27-43-35-37-36-34(30-19-13-11-14-20-30)40(35)31-21-15-12-16-22-31/h11-16,19-22,29H,3-10,17-18,23-28H2,1-2H3. The molecule has 1 unspecified atom stereocenters. The fourth-order valence-electron chi connectivity index (χ4n) is 5.78. The van der Waals surface area contributed by atoms with E-state index in [2.05, 4.69) is 40.7 Å². The van der Waals surface area contributed by atoms with E-state index in [-0.39, 0.29) is 17.9 Å². The number of para-hydroxylation sites is 1. The summed E-state index contributed by atoms with van der Waals surface area (Å²) in [5.74, 6) is 2.01. The first-order valence-electron chi connectivity index (χ1n) is 16.3. The van der Waals surface area contributed by atoms with E-state index in [1.165, 1.54) is 44.9 Å². The molecule has 1 aromatic heterocycles. The lowest BCUT2D eigenvalue weighted by Crippen LogP contribution is -2.55. The van der Waals surface area contributed by atoms with Crippen molar-refractivity contribution in [2.24, 2.45) is 0 Å². The zero-order valence-corrected chi connectivity index (χ0v) is 26.9. The lowest BCUT2D eigenvalue weighted by molar-refractivity contribution is -0.142. The van der Waals surface area contributed by atoms with Crippen molar-refractivity contribution in [1.82, 2.24) is 24.6 Å². The first-order valence-corrected chi connectivity index (χ1v) is 17.3. The van der Waals surface area contributed by atoms with Gasteiger partial charge in [-0.3, -0.25) is 14.2 Å². The van der Waals surface area contributed by atoms with Crippen molar-refractivity contribution in [3.8, 4) is 17.1 Å². The van der Waals surface area contributed by atoms with E-state index < -0.39 is 0 Å². The number of carbonyl (C=O) groups excluding carboxylic acids is 2. The fourth-order valence-corrected chi connectivity index (χ4v) is 6.67. The first-order chi connectivity index (χ1) is 21.1. The summed E-state index contributed by atoms with van der Waals surface area (Å²) < 4.78 is 2.09. The Morgan fingerprint density at radius 1 is 0.767 bits per heavy atom. The molecule has 0 spiro atoms. The van der Waals surface area contributed by atoms with Crippen LogP contribution in [-0.4, -0.2) is 67.8 Å². The van der Waals surface area contributed by atoms with E-state index in [0.717, 1.165) is 47.2 Å². The van der Waals surface area contributed by atoms with E-state index in [1.807, 2.05) is 58.3 Å². The zero-order chi connectivity index (χ0) is 30.3. The third kappa shape index (κ3) is 9.95. The molecule has 0 N–H and O–H groups in total. The highest BCUT2D eigenvalue weighted by Crippen LogP contribution is 2.28. The number of benzene rings is 2. The van der Waals surface area contributed by atoms with Crippen molar-refractivity contribution < 1.29 is 9.59 Å². The number of carbonyl (C=O) groups is 2. The number of piperazine rings is 1. The Balaban J connectivity index is 1.17. The highest BCUT2D eigenvalue weighted by atomic mass is 32.2. The number of unbranched alkanes of at least 4 members (excludes halogenated alkanes) is 8. The average molecular weight is 604 g/mol. The van der Waals surface area contributed by atoms with E-state index in [4.69, 9.17) is 0 Å². The summed E-state index contributed by atoms with van der Waals surface area (Å²) >= 11 is 1.63. The predicted molar refractivity (Wildman–Crippen MR) is 176 cm³/mol. The number of nitrogens with zero attached hydrogens (tertiary/aromatic N) is 5. The first kappa shape index (κ1) is 32.8. The third-order valence-electron chi connectivity index (χ3n) is 8.24. The molecule has 4 rings (SSSR count). The zero-order valence-electron chi connectivity index (χ0n) is 26.1. The Labute approximate surface area is 262 Å². The maximum atomic E-state index is 13.0. The molecule has 2 heterocycles. The second-order valence-electron chi connectivity index (χ2n) is 11.6. The molecule has 3 aromatic rings. The van der Waals surface area contributed by atoms with Gasteiger partial charge in [0.2, 0.25) is 11.8 Å². The monoisotopic (exact) mass is 603 g/mol. The van der Waals surface area contributed by atoms with Gasteiger partial charge >= 0.3 is 0 Å². The normalized spacial score (nSPS) is 15.2. The van der Waals surface area contributed by atoms with Crippen LogP contribution in [0.2, 0.25) is 0 Å². The van der Waals surface area contributed by atoms with Crippen LogP contribution >= 0.6 is 11.8 Å². The van der Waals surface area contributed by atoms with E-state index in [1.54, 1.807) is 11.8 Å². The molecule has 0 aliphatic carbocycles. The number of hydrogen-bond acceptors (Lipinski definition) is 5. The number of amides is 2. The van der Waals surface area contributed by atoms with Crippen molar-refractivity contribution >= 4 is 23.6 Å². The number of hydrogen-bond donors (Lipinski definition) is 0. The minimum Gasteiger partial charge on any atom is -0.339 e. The van der Waals surface area contributed by atoms with Crippen LogP contribution in [0.4, 0.5) is 0 Å². The van der Waals surface area contributed by atoms with Crippen LogP contribution in [0.5, 0.6) is 0 Å². The van der Waals surface area contributed by atoms with Gasteiger partial charge in [-0.25, -0.2) is 0 Å². The molecule has 1 aliphatic heterocycles. The summed E-state index contributed by atoms with van der Waals surface area (Å²) in [7, 11) is 0. The lowest BCUT2D eigenvalue weighted by Gasteiger charge is -2.40. The van der Waals surface area contributed by atoms with Crippen LogP contribution in [0.1, 0.15) is 90.9 Å². The molecule has 8 heteroatoms. The summed E-state index contributed by atoms with van der Waals surface area (Å²) in [4.78, 5) is 29.8. The van der Waals surface area contributed by atoms with Crippen LogP contribution in [0.3, 0.4) is 0 Å². The molecule has 43 heavy (non-hydrogen) atoms. The Morgan fingerprint density at radius 2 is 1.40 bits per heavy atom. The maximum absolute atomic E-state index is 13.0. The fraction of sp³-hybridized carbons (Fsp3) is 0.543. The highest BCUT2D eigenvalue weighted by Gasteiger charge is 2.29. The van der Waals surface area contributed by atoms with Gasteiger partial charge in [0.1, 0.15) is 0 Å². The molecule has 1 atom stereocenters. The second kappa shape index (κ2) is 17.9. The Kier molecular flexibility index (Phi) is 13.6. The van der Waals surface area contributed by atoms with Gasteiger partial charge in [0.05, 0.1) is 0 Å². The summed E-state index contributed by atoms with van der Waals surface area (Å²) in [6.07, 6.45) is 13.2. The highest BCUT2D eigenvalue weighted by molar-refractivity contribution is 7.99. The molecule has 7 nitrogen and oxygen atoms in total. The van der Waals surface area contributed by atoms with E-state index >= 15 is 0 Å². The minimum absolute atomic E-state index is 0.0685. The maximum Gasteiger partial charge on any atom is 0.222 e. The van der Waals surface area contributed by atoms with Gasteiger partial charge in [0.15, 0.2) is 11.0 Å². The molecule has 232 valence electrons. The van der Waals surface area contributed by atoms with Gasteiger partial charge in [-0.05, 0) is 31.9 Å². The van der Waals surface area contributed by atoms with E-state index in [0.29, 0.717) is 32.5 Å². The molecule has 0 radical (unpaired) electrons. The Morgan fingerprint density at radius 3 is 2.07 bits per heavy atom. The summed E-state index contributed by atoms with van der Waals surface area (Å²) in [6, 6.07) is 20.3. The Bertz CT molecular complexity index is 1250. The third-order valence-corrected chi connectivity index (χ3v) is 9.26. The summed E-state index contributed by atoms with van der Waals surface area (Å²) in [5.41, 5.74) is 2.03. The van der Waals surface area contributed by atoms with Crippen LogP contribution in [0.15, 0.2) is 65.8 Å². The molecule has 1 fully saturated rings. The SMILES string of the molecule is CCCCCCCCCCCC(=O)N1CCN(C(=O)CCCSc2nnc(-c3ccccc3)n2-c2ccccc2)CC1C. The van der Waals surface area contributed by atoms with Crippen LogP contribution in [-0.2, 0) is 9.59 Å². The number of aromatic nitrogens is 3. The average Bonchev–Trinajstić information content (AvgIpc) is 3.46. The van der Waals surface area contributed by atoms with Crippen LogP contribution in [0, 0.1) is 0 Å². The molecule has 1 saturated heterocycles.